The zero-order valence-electron chi connectivity index (χ0n) is 8.99. The Balaban J connectivity index is 2.79. The lowest BCUT2D eigenvalue weighted by atomic mass is 10.0. The van der Waals surface area contributed by atoms with Gasteiger partial charge < -0.3 is 10.5 Å². The average Bonchev–Trinajstić information content (AvgIpc) is 2.25. The Morgan fingerprint density at radius 2 is 2.00 bits per heavy atom. The Labute approximate surface area is 86.1 Å². The molecule has 1 atom stereocenters. The second-order valence-electron chi connectivity index (χ2n) is 3.40. The third-order valence-electron chi connectivity index (χ3n) is 2.22. The Bertz CT molecular complexity index is 273. The number of rotatable bonds is 5. The fourth-order valence-electron chi connectivity index (χ4n) is 1.35. The number of para-hydroxylation sites is 1. The van der Waals surface area contributed by atoms with Gasteiger partial charge in [0.15, 0.2) is 0 Å². The van der Waals surface area contributed by atoms with Gasteiger partial charge >= 0.3 is 0 Å². The standard InChI is InChI=1S/C12H19NO/c1-3-9-14-12-8-6-5-7-10(12)11(13)4-2/h5-8,11H,3-4,9,13H2,1-2H3. The Morgan fingerprint density at radius 3 is 2.64 bits per heavy atom. The molecule has 2 N–H and O–H groups in total. The largest absolute Gasteiger partial charge is 0.493 e. The zero-order chi connectivity index (χ0) is 10.4. The van der Waals surface area contributed by atoms with Gasteiger partial charge in [0.2, 0.25) is 0 Å². The number of hydrogen-bond acceptors (Lipinski definition) is 2. The Kier molecular flexibility index (Phi) is 4.47. The SMILES string of the molecule is CCCOc1ccccc1C(N)CC. The number of nitrogens with two attached hydrogens (primary N) is 1. The normalized spacial score (nSPS) is 12.5. The molecule has 0 saturated carbocycles. The van der Waals surface area contributed by atoms with Crippen LogP contribution in [0.5, 0.6) is 5.75 Å². The van der Waals surface area contributed by atoms with Crippen LogP contribution < -0.4 is 10.5 Å². The summed E-state index contributed by atoms with van der Waals surface area (Å²) in [6.07, 6.45) is 1.96. The molecule has 1 unspecified atom stereocenters. The number of ether oxygens (including phenoxy) is 1. The van der Waals surface area contributed by atoms with Crippen molar-refractivity contribution in [1.82, 2.24) is 0 Å². The maximum Gasteiger partial charge on any atom is 0.124 e. The van der Waals surface area contributed by atoms with Gasteiger partial charge in [-0.25, -0.2) is 0 Å². The van der Waals surface area contributed by atoms with Gasteiger partial charge in [-0.1, -0.05) is 32.0 Å². The van der Waals surface area contributed by atoms with Gasteiger partial charge in [0, 0.05) is 11.6 Å². The molecule has 0 heterocycles. The Morgan fingerprint density at radius 1 is 1.29 bits per heavy atom. The predicted molar refractivity (Wildman–Crippen MR) is 59.4 cm³/mol. The highest BCUT2D eigenvalue weighted by atomic mass is 16.5. The highest BCUT2D eigenvalue weighted by Crippen LogP contribution is 2.25. The van der Waals surface area contributed by atoms with Crippen molar-refractivity contribution < 1.29 is 4.74 Å². The fourth-order valence-corrected chi connectivity index (χ4v) is 1.35. The minimum atomic E-state index is 0.0862. The van der Waals surface area contributed by atoms with E-state index in [0.717, 1.165) is 30.8 Å². The van der Waals surface area contributed by atoms with Crippen LogP contribution in [-0.4, -0.2) is 6.61 Å². The van der Waals surface area contributed by atoms with Gasteiger partial charge in [0.25, 0.3) is 0 Å². The van der Waals surface area contributed by atoms with Gasteiger partial charge in [0.05, 0.1) is 6.61 Å². The molecule has 14 heavy (non-hydrogen) atoms. The van der Waals surface area contributed by atoms with Gasteiger partial charge in [0.1, 0.15) is 5.75 Å². The number of benzene rings is 1. The van der Waals surface area contributed by atoms with Crippen molar-refractivity contribution in [3.05, 3.63) is 29.8 Å². The molecule has 78 valence electrons. The van der Waals surface area contributed by atoms with Crippen LogP contribution in [-0.2, 0) is 0 Å². The van der Waals surface area contributed by atoms with E-state index in [2.05, 4.69) is 13.8 Å². The molecule has 0 bridgehead atoms. The van der Waals surface area contributed by atoms with E-state index in [1.54, 1.807) is 0 Å². The van der Waals surface area contributed by atoms with E-state index in [1.807, 2.05) is 24.3 Å². The minimum absolute atomic E-state index is 0.0862. The van der Waals surface area contributed by atoms with Crippen LogP contribution in [0.15, 0.2) is 24.3 Å². The Hall–Kier alpha value is -1.02. The summed E-state index contributed by atoms with van der Waals surface area (Å²) in [6.45, 7) is 4.94. The van der Waals surface area contributed by atoms with Gasteiger partial charge in [-0.15, -0.1) is 0 Å². The van der Waals surface area contributed by atoms with Crippen molar-refractivity contribution in [1.29, 1.82) is 0 Å². The van der Waals surface area contributed by atoms with Gasteiger partial charge in [-0.3, -0.25) is 0 Å². The molecule has 1 aromatic carbocycles. The van der Waals surface area contributed by atoms with Crippen LogP contribution in [0, 0.1) is 0 Å². The van der Waals surface area contributed by atoms with Crippen LogP contribution in [0.2, 0.25) is 0 Å². The van der Waals surface area contributed by atoms with E-state index in [0.29, 0.717) is 0 Å². The molecule has 0 aliphatic heterocycles. The lowest BCUT2D eigenvalue weighted by Crippen LogP contribution is -2.11. The fraction of sp³-hybridized carbons (Fsp3) is 0.500. The summed E-state index contributed by atoms with van der Waals surface area (Å²) in [4.78, 5) is 0. The van der Waals surface area contributed by atoms with E-state index >= 15 is 0 Å². The topological polar surface area (TPSA) is 35.2 Å². The third kappa shape index (κ3) is 2.74. The summed E-state index contributed by atoms with van der Waals surface area (Å²) in [5.41, 5.74) is 7.10. The molecule has 0 aliphatic rings. The molecule has 0 amide bonds. The molecule has 0 radical (unpaired) electrons. The molecular weight excluding hydrogens is 174 g/mol. The highest BCUT2D eigenvalue weighted by molar-refractivity contribution is 5.35. The molecule has 2 heteroatoms. The summed E-state index contributed by atoms with van der Waals surface area (Å²) in [7, 11) is 0. The molecule has 0 aliphatic carbocycles. The lowest BCUT2D eigenvalue weighted by Gasteiger charge is -2.15. The molecule has 1 aromatic rings. The molecule has 2 nitrogen and oxygen atoms in total. The quantitative estimate of drug-likeness (QED) is 0.780. The molecule has 0 aromatic heterocycles. The summed E-state index contributed by atoms with van der Waals surface area (Å²) < 4.78 is 5.63. The van der Waals surface area contributed by atoms with E-state index < -0.39 is 0 Å². The summed E-state index contributed by atoms with van der Waals surface area (Å²) >= 11 is 0. The molecule has 1 rings (SSSR count). The van der Waals surface area contributed by atoms with Crippen molar-refractivity contribution in [2.45, 2.75) is 32.7 Å². The van der Waals surface area contributed by atoms with Gasteiger partial charge in [-0.05, 0) is 18.9 Å². The smallest absolute Gasteiger partial charge is 0.124 e. The van der Waals surface area contributed by atoms with Crippen molar-refractivity contribution >= 4 is 0 Å². The van der Waals surface area contributed by atoms with Crippen molar-refractivity contribution in [3.63, 3.8) is 0 Å². The van der Waals surface area contributed by atoms with E-state index in [-0.39, 0.29) is 6.04 Å². The first-order valence-corrected chi connectivity index (χ1v) is 5.26. The first-order chi connectivity index (χ1) is 6.79. The molecule has 0 fully saturated rings. The van der Waals surface area contributed by atoms with Crippen LogP contribution in [0.25, 0.3) is 0 Å². The summed E-state index contributed by atoms with van der Waals surface area (Å²) in [5, 5.41) is 0. The van der Waals surface area contributed by atoms with Crippen LogP contribution in [0.3, 0.4) is 0 Å². The maximum atomic E-state index is 5.99. The second-order valence-corrected chi connectivity index (χ2v) is 3.40. The zero-order valence-corrected chi connectivity index (χ0v) is 8.99. The number of hydrogen-bond donors (Lipinski definition) is 1. The van der Waals surface area contributed by atoms with Crippen LogP contribution in [0.4, 0.5) is 0 Å². The van der Waals surface area contributed by atoms with Crippen molar-refractivity contribution in [2.75, 3.05) is 6.61 Å². The van der Waals surface area contributed by atoms with Crippen molar-refractivity contribution in [2.24, 2.45) is 5.73 Å². The lowest BCUT2D eigenvalue weighted by molar-refractivity contribution is 0.312. The van der Waals surface area contributed by atoms with E-state index in [1.165, 1.54) is 0 Å². The highest BCUT2D eigenvalue weighted by Gasteiger charge is 2.08. The summed E-state index contributed by atoms with van der Waals surface area (Å²) in [5.74, 6) is 0.934. The first-order valence-electron chi connectivity index (χ1n) is 5.26. The van der Waals surface area contributed by atoms with Crippen LogP contribution in [0.1, 0.15) is 38.3 Å². The van der Waals surface area contributed by atoms with Crippen LogP contribution >= 0.6 is 0 Å². The first kappa shape index (κ1) is 11.1. The molecule has 0 saturated heterocycles. The summed E-state index contributed by atoms with van der Waals surface area (Å²) in [6, 6.07) is 8.10. The van der Waals surface area contributed by atoms with Gasteiger partial charge in [-0.2, -0.15) is 0 Å². The van der Waals surface area contributed by atoms with Crippen molar-refractivity contribution in [3.8, 4) is 5.75 Å². The average molecular weight is 193 g/mol. The maximum absolute atomic E-state index is 5.99. The predicted octanol–water partition coefficient (Wildman–Crippen LogP) is 2.89. The van der Waals surface area contributed by atoms with E-state index in [4.69, 9.17) is 10.5 Å². The minimum Gasteiger partial charge on any atom is -0.493 e. The molecule has 0 spiro atoms. The monoisotopic (exact) mass is 193 g/mol. The third-order valence-corrected chi connectivity index (χ3v) is 2.22. The van der Waals surface area contributed by atoms with E-state index in [9.17, 15) is 0 Å². The second kappa shape index (κ2) is 5.66. The molecular formula is C12H19NO.